The minimum atomic E-state index is -4.47. The van der Waals surface area contributed by atoms with Gasteiger partial charge >= 0.3 is 12.1 Å². The molecule has 1 heterocycles. The fourth-order valence-electron chi connectivity index (χ4n) is 1.95. The highest BCUT2D eigenvalue weighted by Crippen LogP contribution is 2.24. The first-order chi connectivity index (χ1) is 9.14. The largest absolute Gasteiger partial charge is 0.481 e. The van der Waals surface area contributed by atoms with Crippen LogP contribution in [0, 0.1) is 6.92 Å². The van der Waals surface area contributed by atoms with Crippen LogP contribution in [0.5, 0.6) is 5.88 Å². The van der Waals surface area contributed by atoms with Gasteiger partial charge in [0.15, 0.2) is 0 Å². The van der Waals surface area contributed by atoms with Crippen molar-refractivity contribution in [1.29, 1.82) is 0 Å². The number of carbonyl (C=O) groups is 1. The van der Waals surface area contributed by atoms with Crippen LogP contribution in [-0.4, -0.2) is 52.1 Å². The molecule has 0 aliphatic rings. The number of aromatic nitrogens is 2. The standard InChI is InChI=1S/C11H16F3N3O3/c1-7-8(10(20-3)16(2)15-7)4-17(5-9(18)19)6-11(12,13)14/h4-6H2,1-3H3,(H,18,19). The number of aryl methyl sites for hydroxylation is 2. The van der Waals surface area contributed by atoms with Crippen molar-refractivity contribution in [3.8, 4) is 5.88 Å². The molecule has 0 saturated carbocycles. The Morgan fingerprint density at radius 2 is 2.10 bits per heavy atom. The number of carboxylic acid groups (broad SMARTS) is 1. The molecule has 0 bridgehead atoms. The zero-order valence-electron chi connectivity index (χ0n) is 11.4. The molecule has 114 valence electrons. The highest BCUT2D eigenvalue weighted by atomic mass is 19.4. The van der Waals surface area contributed by atoms with Gasteiger partial charge in [0.25, 0.3) is 0 Å². The summed E-state index contributed by atoms with van der Waals surface area (Å²) in [7, 11) is 2.98. The number of rotatable bonds is 6. The lowest BCUT2D eigenvalue weighted by Crippen LogP contribution is -2.37. The summed E-state index contributed by atoms with van der Waals surface area (Å²) in [4.78, 5) is 11.5. The average molecular weight is 295 g/mol. The molecule has 0 aliphatic carbocycles. The fraction of sp³-hybridized carbons (Fsp3) is 0.636. The zero-order chi connectivity index (χ0) is 15.5. The molecular formula is C11H16F3N3O3. The first-order valence-corrected chi connectivity index (χ1v) is 5.71. The van der Waals surface area contributed by atoms with Gasteiger partial charge in [-0.1, -0.05) is 0 Å². The Hall–Kier alpha value is -1.77. The lowest BCUT2D eigenvalue weighted by atomic mass is 10.2. The molecule has 0 amide bonds. The molecule has 0 saturated heterocycles. The summed E-state index contributed by atoms with van der Waals surface area (Å²) in [5.74, 6) is -1.00. The number of methoxy groups -OCH3 is 1. The molecular weight excluding hydrogens is 279 g/mol. The van der Waals surface area contributed by atoms with Crippen LogP contribution in [0.1, 0.15) is 11.3 Å². The summed E-state index contributed by atoms with van der Waals surface area (Å²) in [5, 5.41) is 12.7. The predicted octanol–water partition coefficient (Wildman–Crippen LogP) is 1.19. The molecule has 9 heteroatoms. The second kappa shape index (κ2) is 6.12. The number of hydrogen-bond acceptors (Lipinski definition) is 4. The van der Waals surface area contributed by atoms with Crippen LogP contribution >= 0.6 is 0 Å². The first kappa shape index (κ1) is 16.3. The van der Waals surface area contributed by atoms with Crippen LogP contribution < -0.4 is 4.74 Å². The van der Waals surface area contributed by atoms with Gasteiger partial charge in [-0.2, -0.15) is 18.3 Å². The summed E-state index contributed by atoms with van der Waals surface area (Å²) in [6.45, 7) is -0.590. The molecule has 0 fully saturated rings. The summed E-state index contributed by atoms with van der Waals surface area (Å²) >= 11 is 0. The topological polar surface area (TPSA) is 67.6 Å². The van der Waals surface area contributed by atoms with Crippen LogP contribution in [0.15, 0.2) is 0 Å². The van der Waals surface area contributed by atoms with E-state index in [1.165, 1.54) is 11.8 Å². The van der Waals surface area contributed by atoms with Gasteiger partial charge in [0.1, 0.15) is 0 Å². The van der Waals surface area contributed by atoms with E-state index in [0.717, 1.165) is 4.90 Å². The minimum absolute atomic E-state index is 0.200. The van der Waals surface area contributed by atoms with Crippen molar-refractivity contribution in [3.63, 3.8) is 0 Å². The van der Waals surface area contributed by atoms with Gasteiger partial charge in [-0.15, -0.1) is 0 Å². The summed E-state index contributed by atoms with van der Waals surface area (Å²) in [5.41, 5.74) is 0.947. The second-order valence-electron chi connectivity index (χ2n) is 4.35. The Labute approximate surface area is 113 Å². The SMILES string of the molecule is COc1c(CN(CC(=O)O)CC(F)(F)F)c(C)nn1C. The molecule has 1 rings (SSSR count). The fourth-order valence-corrected chi connectivity index (χ4v) is 1.95. The van der Waals surface area contributed by atoms with Gasteiger partial charge in [-0.3, -0.25) is 9.69 Å². The maximum atomic E-state index is 12.5. The molecule has 0 aromatic carbocycles. The quantitative estimate of drug-likeness (QED) is 0.853. The maximum absolute atomic E-state index is 12.5. The second-order valence-corrected chi connectivity index (χ2v) is 4.35. The van der Waals surface area contributed by atoms with Crippen LogP contribution in [0.3, 0.4) is 0 Å². The van der Waals surface area contributed by atoms with Gasteiger partial charge in [0.05, 0.1) is 31.5 Å². The normalized spacial score (nSPS) is 11.9. The van der Waals surface area contributed by atoms with E-state index in [1.54, 1.807) is 14.0 Å². The van der Waals surface area contributed by atoms with Gasteiger partial charge in [0, 0.05) is 13.6 Å². The molecule has 0 radical (unpaired) electrons. The van der Waals surface area contributed by atoms with Crippen molar-refractivity contribution in [2.24, 2.45) is 7.05 Å². The van der Waals surface area contributed by atoms with Crippen molar-refractivity contribution in [1.82, 2.24) is 14.7 Å². The number of carboxylic acids is 1. The van der Waals surface area contributed by atoms with Crippen LogP contribution in [0.25, 0.3) is 0 Å². The molecule has 1 aromatic heterocycles. The minimum Gasteiger partial charge on any atom is -0.481 e. The molecule has 1 aromatic rings. The van der Waals surface area contributed by atoms with Crippen LogP contribution in [0.2, 0.25) is 0 Å². The molecule has 6 nitrogen and oxygen atoms in total. The lowest BCUT2D eigenvalue weighted by molar-refractivity contribution is -0.154. The van der Waals surface area contributed by atoms with Crippen molar-refractivity contribution < 1.29 is 27.8 Å². The van der Waals surface area contributed by atoms with Crippen molar-refractivity contribution in [2.75, 3.05) is 20.2 Å². The summed E-state index contributed by atoms with van der Waals surface area (Å²) < 4.78 is 43.9. The van der Waals surface area contributed by atoms with E-state index in [9.17, 15) is 18.0 Å². The van der Waals surface area contributed by atoms with E-state index < -0.39 is 25.2 Å². The van der Waals surface area contributed by atoms with Crippen molar-refractivity contribution in [2.45, 2.75) is 19.6 Å². The Morgan fingerprint density at radius 1 is 1.50 bits per heavy atom. The van der Waals surface area contributed by atoms with E-state index in [-0.39, 0.29) is 6.54 Å². The van der Waals surface area contributed by atoms with E-state index in [4.69, 9.17) is 9.84 Å². The molecule has 0 atom stereocenters. The van der Waals surface area contributed by atoms with E-state index in [1.807, 2.05) is 0 Å². The highest BCUT2D eigenvalue weighted by molar-refractivity contribution is 5.69. The van der Waals surface area contributed by atoms with Crippen LogP contribution in [-0.2, 0) is 18.4 Å². The third-order valence-electron chi connectivity index (χ3n) is 2.63. The third-order valence-corrected chi connectivity index (χ3v) is 2.63. The molecule has 1 N–H and O–H groups in total. The summed E-state index contributed by atoms with van der Waals surface area (Å²) in [6, 6.07) is 0. The molecule has 20 heavy (non-hydrogen) atoms. The summed E-state index contributed by atoms with van der Waals surface area (Å²) in [6.07, 6.45) is -4.47. The Bertz CT molecular complexity index is 485. The highest BCUT2D eigenvalue weighted by Gasteiger charge is 2.32. The first-order valence-electron chi connectivity index (χ1n) is 5.71. The molecule has 0 aliphatic heterocycles. The molecule has 0 unspecified atom stereocenters. The third kappa shape index (κ3) is 4.41. The van der Waals surface area contributed by atoms with Crippen molar-refractivity contribution in [3.05, 3.63) is 11.3 Å². The Kier molecular flexibility index (Phi) is 4.98. The van der Waals surface area contributed by atoms with E-state index in [0.29, 0.717) is 17.1 Å². The van der Waals surface area contributed by atoms with Gasteiger partial charge in [0.2, 0.25) is 5.88 Å². The lowest BCUT2D eigenvalue weighted by Gasteiger charge is -2.21. The Morgan fingerprint density at radius 3 is 2.55 bits per heavy atom. The van der Waals surface area contributed by atoms with Crippen molar-refractivity contribution >= 4 is 5.97 Å². The van der Waals surface area contributed by atoms with Crippen LogP contribution in [0.4, 0.5) is 13.2 Å². The monoisotopic (exact) mass is 295 g/mol. The van der Waals surface area contributed by atoms with Gasteiger partial charge < -0.3 is 9.84 Å². The maximum Gasteiger partial charge on any atom is 0.401 e. The zero-order valence-corrected chi connectivity index (χ0v) is 11.4. The average Bonchev–Trinajstić information content (AvgIpc) is 2.50. The smallest absolute Gasteiger partial charge is 0.401 e. The number of aliphatic carboxylic acids is 1. The number of alkyl halides is 3. The van der Waals surface area contributed by atoms with Gasteiger partial charge in [-0.05, 0) is 6.92 Å². The predicted molar refractivity (Wildman–Crippen MR) is 63.5 cm³/mol. The van der Waals surface area contributed by atoms with Gasteiger partial charge in [-0.25, -0.2) is 4.68 Å². The molecule has 0 spiro atoms. The number of nitrogens with zero attached hydrogens (tertiary/aromatic N) is 3. The number of halogens is 3. The number of ether oxygens (including phenoxy) is 1. The van der Waals surface area contributed by atoms with E-state index >= 15 is 0 Å². The van der Waals surface area contributed by atoms with E-state index in [2.05, 4.69) is 5.10 Å². The Balaban J connectivity index is 2.97. The number of hydrogen-bond donors (Lipinski definition) is 1.